The molecule has 1 aromatic heterocycles. The molecule has 5 nitrogen and oxygen atoms in total. The van der Waals surface area contributed by atoms with Gasteiger partial charge < -0.3 is 16.8 Å². The lowest BCUT2D eigenvalue weighted by atomic mass is 9.99. The Balaban J connectivity index is 3.19. The molecule has 104 valence electrons. The molecule has 0 bridgehead atoms. The fraction of sp³-hybridized carbons (Fsp3) is 0.462. The molecule has 5 N–H and O–H groups in total. The van der Waals surface area contributed by atoms with Crippen LogP contribution in [0.1, 0.15) is 37.1 Å². The van der Waals surface area contributed by atoms with Crippen molar-refractivity contribution in [2.24, 2.45) is 11.5 Å². The van der Waals surface area contributed by atoms with E-state index in [2.05, 4.69) is 10.3 Å². The van der Waals surface area contributed by atoms with Gasteiger partial charge in [-0.25, -0.2) is 4.98 Å². The first-order valence-electron chi connectivity index (χ1n) is 5.97. The second-order valence-corrected chi connectivity index (χ2v) is 5.76. The second kappa shape index (κ2) is 5.52. The molecule has 0 aliphatic carbocycles. The molecule has 19 heavy (non-hydrogen) atoms. The van der Waals surface area contributed by atoms with E-state index >= 15 is 0 Å². The van der Waals surface area contributed by atoms with E-state index in [-0.39, 0.29) is 17.3 Å². The Morgan fingerprint density at radius 2 is 2.00 bits per heavy atom. The van der Waals surface area contributed by atoms with E-state index in [0.29, 0.717) is 11.4 Å². The predicted molar refractivity (Wildman–Crippen MR) is 81.1 cm³/mol. The van der Waals surface area contributed by atoms with Crippen molar-refractivity contribution >= 4 is 28.9 Å². The topological polar surface area (TPSA) is 94.0 Å². The first kappa shape index (κ1) is 15.4. The summed E-state index contributed by atoms with van der Waals surface area (Å²) in [6.07, 6.45) is 0.193. The highest BCUT2D eigenvalue weighted by molar-refractivity contribution is 7.80. The molecule has 1 amide bonds. The maximum atomic E-state index is 11.1. The Hall–Kier alpha value is -1.69. The number of hydrogen-bond acceptors (Lipinski definition) is 4. The van der Waals surface area contributed by atoms with Gasteiger partial charge >= 0.3 is 0 Å². The highest BCUT2D eigenvalue weighted by Crippen LogP contribution is 2.23. The maximum absolute atomic E-state index is 11.1. The third-order valence-corrected chi connectivity index (χ3v) is 2.87. The average molecular weight is 280 g/mol. The molecule has 1 rings (SSSR count). The third-order valence-electron chi connectivity index (χ3n) is 2.66. The fourth-order valence-electron chi connectivity index (χ4n) is 2.04. The number of anilines is 1. The maximum Gasteiger partial charge on any atom is 0.219 e. The van der Waals surface area contributed by atoms with Crippen LogP contribution in [0.25, 0.3) is 0 Å². The van der Waals surface area contributed by atoms with Gasteiger partial charge in [0.2, 0.25) is 5.91 Å². The third kappa shape index (κ3) is 4.17. The average Bonchev–Trinajstić information content (AvgIpc) is 2.10. The van der Waals surface area contributed by atoms with Crippen LogP contribution in [0.3, 0.4) is 0 Å². The normalized spacial score (nSPS) is 11.2. The summed E-state index contributed by atoms with van der Waals surface area (Å²) in [5, 5.41) is 3.20. The van der Waals surface area contributed by atoms with Gasteiger partial charge in [-0.2, -0.15) is 0 Å². The summed E-state index contributed by atoms with van der Waals surface area (Å²) in [6, 6.07) is 1.92. The lowest BCUT2D eigenvalue weighted by Gasteiger charge is -2.27. The first-order chi connectivity index (χ1) is 8.62. The standard InChI is InChI=1S/C13H20N4OS/c1-7-5-8(2)16-12(10(7)11(15)19)17-13(3,4)6-9(14)18/h5H,6H2,1-4H3,(H2,14,18)(H2,15,19)(H,16,17). The SMILES string of the molecule is Cc1cc(C)c(C(N)=S)c(NC(C)(C)CC(N)=O)n1. The molecule has 0 saturated heterocycles. The van der Waals surface area contributed by atoms with Crippen LogP contribution >= 0.6 is 12.2 Å². The summed E-state index contributed by atoms with van der Waals surface area (Å²) in [5.41, 5.74) is 13.0. The number of primary amides is 1. The smallest absolute Gasteiger partial charge is 0.219 e. The van der Waals surface area contributed by atoms with Crippen molar-refractivity contribution in [2.75, 3.05) is 5.32 Å². The summed E-state index contributed by atoms with van der Waals surface area (Å²) >= 11 is 5.06. The molecule has 0 atom stereocenters. The molecule has 0 spiro atoms. The van der Waals surface area contributed by atoms with E-state index in [1.165, 1.54) is 0 Å². The number of amides is 1. The van der Waals surface area contributed by atoms with Gasteiger partial charge in [-0.1, -0.05) is 12.2 Å². The number of rotatable bonds is 5. The summed E-state index contributed by atoms with van der Waals surface area (Å²) in [5.74, 6) is 0.218. The Morgan fingerprint density at radius 1 is 1.42 bits per heavy atom. The molecule has 0 radical (unpaired) electrons. The van der Waals surface area contributed by atoms with Crippen molar-refractivity contribution in [3.8, 4) is 0 Å². The molecule has 1 aromatic rings. The van der Waals surface area contributed by atoms with Crippen LogP contribution in [0.2, 0.25) is 0 Å². The minimum absolute atomic E-state index is 0.193. The van der Waals surface area contributed by atoms with Crippen molar-refractivity contribution in [3.05, 3.63) is 22.9 Å². The summed E-state index contributed by atoms with van der Waals surface area (Å²) < 4.78 is 0. The molecule has 0 aromatic carbocycles. The number of pyridine rings is 1. The van der Waals surface area contributed by atoms with Crippen LogP contribution in [0.5, 0.6) is 0 Å². The van der Waals surface area contributed by atoms with Gasteiger partial charge in [-0.05, 0) is 39.3 Å². The van der Waals surface area contributed by atoms with Crippen molar-refractivity contribution in [3.63, 3.8) is 0 Å². The number of nitrogens with one attached hydrogen (secondary N) is 1. The van der Waals surface area contributed by atoms with Crippen LogP contribution in [0.4, 0.5) is 5.82 Å². The Kier molecular flexibility index (Phi) is 4.47. The Bertz CT molecular complexity index is 526. The number of nitrogens with two attached hydrogens (primary N) is 2. The Morgan fingerprint density at radius 3 is 2.47 bits per heavy atom. The molecule has 0 unspecified atom stereocenters. The van der Waals surface area contributed by atoms with E-state index in [1.807, 2.05) is 33.8 Å². The van der Waals surface area contributed by atoms with E-state index in [1.54, 1.807) is 0 Å². The zero-order valence-electron chi connectivity index (χ0n) is 11.7. The monoisotopic (exact) mass is 280 g/mol. The summed E-state index contributed by atoms with van der Waals surface area (Å²) in [7, 11) is 0. The van der Waals surface area contributed by atoms with Crippen molar-refractivity contribution in [1.29, 1.82) is 0 Å². The van der Waals surface area contributed by atoms with E-state index in [0.717, 1.165) is 11.3 Å². The molecule has 0 saturated carbocycles. The fourth-order valence-corrected chi connectivity index (χ4v) is 2.30. The summed E-state index contributed by atoms with van der Waals surface area (Å²) in [4.78, 5) is 15.8. The number of carbonyl (C=O) groups is 1. The molecular formula is C13H20N4OS. The molecule has 1 heterocycles. The van der Waals surface area contributed by atoms with Crippen LogP contribution < -0.4 is 16.8 Å². The predicted octanol–water partition coefficient (Wildman–Crippen LogP) is 1.40. The lowest BCUT2D eigenvalue weighted by molar-refractivity contribution is -0.118. The van der Waals surface area contributed by atoms with Gasteiger partial charge in [-0.15, -0.1) is 0 Å². The quantitative estimate of drug-likeness (QED) is 0.709. The van der Waals surface area contributed by atoms with E-state index in [4.69, 9.17) is 23.7 Å². The Labute approximate surface area is 118 Å². The van der Waals surface area contributed by atoms with Crippen LogP contribution in [-0.2, 0) is 4.79 Å². The number of aryl methyl sites for hydroxylation is 2. The van der Waals surface area contributed by atoms with Crippen molar-refractivity contribution in [2.45, 2.75) is 39.7 Å². The van der Waals surface area contributed by atoms with E-state index in [9.17, 15) is 4.79 Å². The van der Waals surface area contributed by atoms with Crippen LogP contribution in [0, 0.1) is 13.8 Å². The largest absolute Gasteiger partial charge is 0.389 e. The van der Waals surface area contributed by atoms with Gasteiger partial charge in [0.1, 0.15) is 10.8 Å². The molecular weight excluding hydrogens is 260 g/mol. The lowest BCUT2D eigenvalue weighted by Crippen LogP contribution is -2.37. The minimum atomic E-state index is -0.515. The highest BCUT2D eigenvalue weighted by Gasteiger charge is 2.23. The minimum Gasteiger partial charge on any atom is -0.389 e. The number of nitrogens with zero attached hydrogens (tertiary/aromatic N) is 1. The number of thiocarbonyl (C=S) groups is 1. The van der Waals surface area contributed by atoms with Crippen molar-refractivity contribution < 1.29 is 4.79 Å². The zero-order valence-corrected chi connectivity index (χ0v) is 12.5. The number of carbonyl (C=O) groups excluding carboxylic acids is 1. The van der Waals surface area contributed by atoms with Crippen LogP contribution in [-0.4, -0.2) is 21.4 Å². The van der Waals surface area contributed by atoms with Gasteiger partial charge in [-0.3, -0.25) is 4.79 Å². The number of hydrogen-bond donors (Lipinski definition) is 3. The van der Waals surface area contributed by atoms with Gasteiger partial charge in [0.25, 0.3) is 0 Å². The van der Waals surface area contributed by atoms with Crippen LogP contribution in [0.15, 0.2) is 6.07 Å². The molecule has 6 heteroatoms. The molecule has 0 aliphatic heterocycles. The van der Waals surface area contributed by atoms with Crippen molar-refractivity contribution in [1.82, 2.24) is 4.98 Å². The van der Waals surface area contributed by atoms with Gasteiger partial charge in [0, 0.05) is 17.7 Å². The first-order valence-corrected chi connectivity index (χ1v) is 6.38. The summed E-state index contributed by atoms with van der Waals surface area (Å²) in [6.45, 7) is 7.57. The van der Waals surface area contributed by atoms with Gasteiger partial charge in [0.15, 0.2) is 0 Å². The number of aromatic nitrogens is 1. The van der Waals surface area contributed by atoms with Gasteiger partial charge in [0.05, 0.1) is 5.56 Å². The second-order valence-electron chi connectivity index (χ2n) is 5.32. The molecule has 0 fully saturated rings. The zero-order chi connectivity index (χ0) is 14.8. The highest BCUT2D eigenvalue weighted by atomic mass is 32.1. The molecule has 0 aliphatic rings. The van der Waals surface area contributed by atoms with E-state index < -0.39 is 5.54 Å².